The Morgan fingerprint density at radius 1 is 1.23 bits per heavy atom. The zero-order valence-corrected chi connectivity index (χ0v) is 12.4. The molecule has 0 heterocycles. The molecule has 0 aromatic heterocycles. The minimum absolute atomic E-state index is 0.0115. The zero-order valence-electron chi connectivity index (χ0n) is 12.4. The molecule has 120 valence electrons. The van der Waals surface area contributed by atoms with E-state index in [1.165, 1.54) is 13.8 Å². The minimum Gasteiger partial charge on any atom is -0.465 e. The summed E-state index contributed by atoms with van der Waals surface area (Å²) in [7, 11) is 0. The summed E-state index contributed by atoms with van der Waals surface area (Å²) in [5.41, 5.74) is -2.86. The number of hydrogen-bond acceptors (Lipinski definition) is 6. The highest BCUT2D eigenvalue weighted by Gasteiger charge is 2.48. The van der Waals surface area contributed by atoms with E-state index in [0.717, 1.165) is 19.1 Å². The number of ether oxygens (including phenoxy) is 2. The number of esters is 2. The van der Waals surface area contributed by atoms with Gasteiger partial charge in [-0.1, -0.05) is 0 Å². The van der Waals surface area contributed by atoms with Crippen LogP contribution in [0.25, 0.3) is 0 Å². The number of nitro benzene ring substituents is 1. The van der Waals surface area contributed by atoms with Gasteiger partial charge in [-0.05, 0) is 26.8 Å². The molecular weight excluding hydrogens is 297 g/mol. The van der Waals surface area contributed by atoms with Crippen LogP contribution in [0.5, 0.6) is 0 Å². The number of rotatable bonds is 6. The Bertz CT molecular complexity index is 583. The van der Waals surface area contributed by atoms with Crippen LogP contribution in [-0.4, -0.2) is 30.1 Å². The van der Waals surface area contributed by atoms with E-state index in [1.807, 2.05) is 0 Å². The maximum absolute atomic E-state index is 14.2. The normalized spacial score (nSPS) is 10.9. The topological polar surface area (TPSA) is 95.7 Å². The van der Waals surface area contributed by atoms with Gasteiger partial charge in [0.1, 0.15) is 5.82 Å². The minimum atomic E-state index is -2.04. The molecule has 7 nitrogen and oxygen atoms in total. The van der Waals surface area contributed by atoms with Crippen LogP contribution >= 0.6 is 0 Å². The molecule has 0 radical (unpaired) electrons. The molecule has 0 spiro atoms. The van der Waals surface area contributed by atoms with Crippen LogP contribution in [0.15, 0.2) is 18.2 Å². The smallest absolute Gasteiger partial charge is 0.327 e. The molecule has 0 saturated heterocycles. The third-order valence-electron chi connectivity index (χ3n) is 3.07. The summed E-state index contributed by atoms with van der Waals surface area (Å²) in [4.78, 5) is 34.1. The maximum atomic E-state index is 14.2. The van der Waals surface area contributed by atoms with Crippen molar-refractivity contribution in [2.45, 2.75) is 26.2 Å². The number of benzene rings is 1. The average molecular weight is 313 g/mol. The Hall–Kier alpha value is -2.51. The van der Waals surface area contributed by atoms with Crippen LogP contribution < -0.4 is 0 Å². The van der Waals surface area contributed by atoms with Crippen molar-refractivity contribution in [3.63, 3.8) is 0 Å². The van der Waals surface area contributed by atoms with Crippen molar-refractivity contribution in [2.75, 3.05) is 13.2 Å². The standard InChI is InChI=1S/C14H16FNO6/c1-4-21-12(17)14(3,13(18)22-5-2)10-7-6-9(16(19)20)8-11(10)15/h6-8H,4-5H2,1-3H3. The van der Waals surface area contributed by atoms with E-state index in [4.69, 9.17) is 9.47 Å². The summed E-state index contributed by atoms with van der Waals surface area (Å²) >= 11 is 0. The lowest BCUT2D eigenvalue weighted by Gasteiger charge is -2.25. The van der Waals surface area contributed by atoms with Crippen molar-refractivity contribution in [2.24, 2.45) is 0 Å². The molecule has 22 heavy (non-hydrogen) atoms. The van der Waals surface area contributed by atoms with Gasteiger partial charge in [0.05, 0.1) is 24.2 Å². The summed E-state index contributed by atoms with van der Waals surface area (Å²) in [6.07, 6.45) is 0. The lowest BCUT2D eigenvalue weighted by molar-refractivity contribution is -0.385. The first kappa shape index (κ1) is 17.5. The highest BCUT2D eigenvalue weighted by atomic mass is 19.1. The van der Waals surface area contributed by atoms with Crippen LogP contribution in [0.3, 0.4) is 0 Å². The Labute approximate surface area is 126 Å². The fourth-order valence-electron chi connectivity index (χ4n) is 1.88. The van der Waals surface area contributed by atoms with Gasteiger partial charge in [0.25, 0.3) is 5.69 Å². The van der Waals surface area contributed by atoms with E-state index >= 15 is 0 Å². The van der Waals surface area contributed by atoms with Crippen LogP contribution in [0.2, 0.25) is 0 Å². The molecule has 0 aliphatic carbocycles. The molecule has 0 aliphatic rings. The fraction of sp³-hybridized carbons (Fsp3) is 0.429. The molecule has 0 atom stereocenters. The number of non-ortho nitro benzene ring substituents is 1. The number of carbonyl (C=O) groups is 2. The van der Waals surface area contributed by atoms with Crippen LogP contribution in [0, 0.1) is 15.9 Å². The van der Waals surface area contributed by atoms with Gasteiger partial charge in [0.2, 0.25) is 0 Å². The van der Waals surface area contributed by atoms with E-state index < -0.39 is 33.8 Å². The SMILES string of the molecule is CCOC(=O)C(C)(C(=O)OCC)c1ccc([N+](=O)[O-])cc1F. The molecule has 0 bridgehead atoms. The summed E-state index contributed by atoms with van der Waals surface area (Å²) in [5.74, 6) is -3.03. The second-order valence-corrected chi connectivity index (χ2v) is 4.49. The quantitative estimate of drug-likeness (QED) is 0.345. The first-order valence-electron chi connectivity index (χ1n) is 6.57. The number of halogens is 1. The Kier molecular flexibility index (Phi) is 5.56. The molecule has 8 heteroatoms. The highest BCUT2D eigenvalue weighted by Crippen LogP contribution is 2.31. The summed E-state index contributed by atoms with van der Waals surface area (Å²) < 4.78 is 23.8. The molecule has 0 fully saturated rings. The molecule has 0 saturated carbocycles. The second kappa shape index (κ2) is 6.97. The number of hydrogen-bond donors (Lipinski definition) is 0. The molecule has 0 amide bonds. The van der Waals surface area contributed by atoms with Gasteiger partial charge in [-0.15, -0.1) is 0 Å². The first-order chi connectivity index (χ1) is 10.3. The van der Waals surface area contributed by atoms with Crippen LogP contribution in [0.1, 0.15) is 26.3 Å². The van der Waals surface area contributed by atoms with Crippen molar-refractivity contribution < 1.29 is 28.4 Å². The van der Waals surface area contributed by atoms with Gasteiger partial charge < -0.3 is 9.47 Å². The fourth-order valence-corrected chi connectivity index (χ4v) is 1.88. The Balaban J connectivity index is 3.42. The van der Waals surface area contributed by atoms with E-state index in [9.17, 15) is 24.1 Å². The molecule has 1 aromatic rings. The Morgan fingerprint density at radius 3 is 2.09 bits per heavy atom. The first-order valence-corrected chi connectivity index (χ1v) is 6.57. The highest BCUT2D eigenvalue weighted by molar-refractivity contribution is 6.06. The van der Waals surface area contributed by atoms with E-state index in [0.29, 0.717) is 6.07 Å². The predicted molar refractivity (Wildman–Crippen MR) is 73.7 cm³/mol. The summed E-state index contributed by atoms with van der Waals surface area (Å²) in [6, 6.07) is 2.67. The molecule has 0 N–H and O–H groups in total. The third kappa shape index (κ3) is 3.21. The molecule has 0 unspecified atom stereocenters. The summed E-state index contributed by atoms with van der Waals surface area (Å²) in [6.45, 7) is 4.21. The molecular formula is C14H16FNO6. The van der Waals surface area contributed by atoms with Crippen LogP contribution in [0.4, 0.5) is 10.1 Å². The predicted octanol–water partition coefficient (Wildman–Crippen LogP) is 2.12. The molecule has 0 aliphatic heterocycles. The van der Waals surface area contributed by atoms with Gasteiger partial charge in [0.15, 0.2) is 5.41 Å². The lowest BCUT2D eigenvalue weighted by Crippen LogP contribution is -2.44. The van der Waals surface area contributed by atoms with Crippen molar-refractivity contribution in [1.29, 1.82) is 0 Å². The van der Waals surface area contributed by atoms with Gasteiger partial charge in [-0.2, -0.15) is 0 Å². The summed E-state index contributed by atoms with van der Waals surface area (Å²) in [5, 5.41) is 10.6. The third-order valence-corrected chi connectivity index (χ3v) is 3.07. The van der Waals surface area contributed by atoms with Crippen molar-refractivity contribution in [1.82, 2.24) is 0 Å². The largest absolute Gasteiger partial charge is 0.465 e. The van der Waals surface area contributed by atoms with Crippen LogP contribution in [-0.2, 0) is 24.5 Å². The van der Waals surface area contributed by atoms with Crippen molar-refractivity contribution in [3.05, 3.63) is 39.7 Å². The number of nitrogens with zero attached hydrogens (tertiary/aromatic N) is 1. The lowest BCUT2D eigenvalue weighted by atomic mass is 9.82. The van der Waals surface area contributed by atoms with Gasteiger partial charge in [-0.25, -0.2) is 4.39 Å². The van der Waals surface area contributed by atoms with Gasteiger partial charge in [-0.3, -0.25) is 19.7 Å². The molecule has 1 rings (SSSR count). The maximum Gasteiger partial charge on any atom is 0.327 e. The second-order valence-electron chi connectivity index (χ2n) is 4.49. The number of nitro groups is 1. The van der Waals surface area contributed by atoms with E-state index in [2.05, 4.69) is 0 Å². The van der Waals surface area contributed by atoms with Crippen molar-refractivity contribution in [3.8, 4) is 0 Å². The van der Waals surface area contributed by atoms with E-state index in [-0.39, 0.29) is 18.8 Å². The zero-order chi connectivity index (χ0) is 16.9. The van der Waals surface area contributed by atoms with E-state index in [1.54, 1.807) is 0 Å². The van der Waals surface area contributed by atoms with Gasteiger partial charge >= 0.3 is 11.9 Å². The molecule has 1 aromatic carbocycles. The Morgan fingerprint density at radius 2 is 1.73 bits per heavy atom. The monoisotopic (exact) mass is 313 g/mol. The van der Waals surface area contributed by atoms with Crippen molar-refractivity contribution >= 4 is 17.6 Å². The average Bonchev–Trinajstić information content (AvgIpc) is 2.46. The number of carbonyl (C=O) groups excluding carboxylic acids is 2. The van der Waals surface area contributed by atoms with Gasteiger partial charge in [0, 0.05) is 11.6 Å².